The molecule has 2 aromatic rings. The van der Waals surface area contributed by atoms with Crippen LogP contribution in [0.15, 0.2) is 30.9 Å². The van der Waals surface area contributed by atoms with Crippen molar-refractivity contribution in [2.24, 2.45) is 0 Å². The van der Waals surface area contributed by atoms with Crippen molar-refractivity contribution in [1.29, 1.82) is 0 Å². The normalized spacial score (nSPS) is 11.5. The lowest BCUT2D eigenvalue weighted by atomic mass is 10.2. The highest BCUT2D eigenvalue weighted by Gasteiger charge is 2.31. The number of aromatic nitrogens is 3. The predicted octanol–water partition coefficient (Wildman–Crippen LogP) is 2.29. The zero-order chi connectivity index (χ0) is 12.5. The van der Waals surface area contributed by atoms with Gasteiger partial charge in [0.05, 0.1) is 18.4 Å². The smallest absolute Gasteiger partial charge is 0.416 e. The van der Waals surface area contributed by atoms with Gasteiger partial charge in [-0.05, 0) is 12.1 Å². The van der Waals surface area contributed by atoms with Crippen molar-refractivity contribution >= 4 is 0 Å². The van der Waals surface area contributed by atoms with Crippen LogP contribution in [0.4, 0.5) is 13.2 Å². The molecule has 0 fully saturated rings. The molecule has 17 heavy (non-hydrogen) atoms. The number of halogens is 3. The molecule has 0 aliphatic heterocycles. The van der Waals surface area contributed by atoms with Gasteiger partial charge in [0.15, 0.2) is 0 Å². The molecule has 0 aliphatic carbocycles. The van der Waals surface area contributed by atoms with E-state index in [0.717, 1.165) is 12.1 Å². The highest BCUT2D eigenvalue weighted by Crippen LogP contribution is 2.33. The molecule has 0 radical (unpaired) electrons. The number of rotatable bonds is 2. The van der Waals surface area contributed by atoms with Crippen LogP contribution in [-0.2, 0) is 6.18 Å². The molecule has 90 valence electrons. The highest BCUT2D eigenvalue weighted by molar-refractivity contribution is 5.43. The van der Waals surface area contributed by atoms with Gasteiger partial charge in [-0.15, -0.1) is 0 Å². The van der Waals surface area contributed by atoms with E-state index in [4.69, 9.17) is 4.74 Å². The lowest BCUT2D eigenvalue weighted by Gasteiger charge is -2.11. The minimum absolute atomic E-state index is 0.116. The first-order valence-electron chi connectivity index (χ1n) is 4.62. The highest BCUT2D eigenvalue weighted by atomic mass is 19.4. The molecule has 0 aliphatic rings. The molecule has 0 unspecified atom stereocenters. The number of hydrogen-bond acceptors (Lipinski definition) is 3. The molecule has 0 saturated carbocycles. The fourth-order valence-corrected chi connectivity index (χ4v) is 1.34. The monoisotopic (exact) mass is 243 g/mol. The summed E-state index contributed by atoms with van der Waals surface area (Å²) in [6.45, 7) is 0. The van der Waals surface area contributed by atoms with Gasteiger partial charge in [-0.2, -0.15) is 18.3 Å². The zero-order valence-electron chi connectivity index (χ0n) is 8.77. The first-order valence-corrected chi connectivity index (χ1v) is 4.62. The summed E-state index contributed by atoms with van der Waals surface area (Å²) in [5.74, 6) is 0.116. The van der Waals surface area contributed by atoms with Gasteiger partial charge in [0.2, 0.25) is 0 Å². The molecule has 0 saturated heterocycles. The lowest BCUT2D eigenvalue weighted by molar-refractivity contribution is -0.137. The van der Waals surface area contributed by atoms with Gasteiger partial charge in [-0.25, -0.2) is 9.67 Å². The quantitative estimate of drug-likeness (QED) is 0.812. The van der Waals surface area contributed by atoms with Crippen LogP contribution in [0.3, 0.4) is 0 Å². The molecular formula is C10H8F3N3O. The Balaban J connectivity index is 2.54. The van der Waals surface area contributed by atoms with Gasteiger partial charge >= 0.3 is 6.18 Å². The van der Waals surface area contributed by atoms with E-state index >= 15 is 0 Å². The van der Waals surface area contributed by atoms with E-state index in [1.807, 2.05) is 0 Å². The Morgan fingerprint density at radius 2 is 2.00 bits per heavy atom. The minimum Gasteiger partial charge on any atom is -0.497 e. The molecule has 0 bridgehead atoms. The second-order valence-electron chi connectivity index (χ2n) is 3.26. The van der Waals surface area contributed by atoms with Crippen molar-refractivity contribution in [3.05, 3.63) is 36.4 Å². The topological polar surface area (TPSA) is 39.9 Å². The SMILES string of the molecule is COc1cc(-n2cncn2)cc(C(F)(F)F)c1. The molecule has 1 aromatic heterocycles. The van der Waals surface area contributed by atoms with Crippen molar-refractivity contribution in [3.8, 4) is 11.4 Å². The first-order chi connectivity index (χ1) is 8.00. The molecular weight excluding hydrogens is 235 g/mol. The third-order valence-electron chi connectivity index (χ3n) is 2.14. The summed E-state index contributed by atoms with van der Waals surface area (Å²) >= 11 is 0. The summed E-state index contributed by atoms with van der Waals surface area (Å²) in [4.78, 5) is 3.68. The van der Waals surface area contributed by atoms with Gasteiger partial charge in [0.1, 0.15) is 18.4 Å². The Morgan fingerprint density at radius 1 is 1.24 bits per heavy atom. The van der Waals surface area contributed by atoms with Gasteiger partial charge in [-0.3, -0.25) is 0 Å². The molecule has 0 spiro atoms. The second kappa shape index (κ2) is 4.08. The largest absolute Gasteiger partial charge is 0.497 e. The summed E-state index contributed by atoms with van der Waals surface area (Å²) in [6.07, 6.45) is -1.87. The van der Waals surface area contributed by atoms with Crippen LogP contribution in [0.25, 0.3) is 5.69 Å². The van der Waals surface area contributed by atoms with Crippen molar-refractivity contribution in [3.63, 3.8) is 0 Å². The Morgan fingerprint density at radius 3 is 2.53 bits per heavy atom. The van der Waals surface area contributed by atoms with Crippen LogP contribution in [0.5, 0.6) is 5.75 Å². The minimum atomic E-state index is -4.43. The van der Waals surface area contributed by atoms with Crippen molar-refractivity contribution in [1.82, 2.24) is 14.8 Å². The summed E-state index contributed by atoms with van der Waals surface area (Å²) < 4.78 is 43.9. The molecule has 1 heterocycles. The summed E-state index contributed by atoms with van der Waals surface area (Å²) in [5.41, 5.74) is -0.545. The molecule has 0 atom stereocenters. The van der Waals surface area contributed by atoms with Crippen molar-refractivity contribution in [2.45, 2.75) is 6.18 Å². The van der Waals surface area contributed by atoms with Crippen LogP contribution < -0.4 is 4.74 Å². The Hall–Kier alpha value is -2.05. The summed E-state index contributed by atoms with van der Waals surface area (Å²) in [7, 11) is 1.31. The maximum absolute atomic E-state index is 12.6. The predicted molar refractivity (Wildman–Crippen MR) is 52.9 cm³/mol. The number of benzene rings is 1. The van der Waals surface area contributed by atoms with Crippen LogP contribution in [0.2, 0.25) is 0 Å². The number of methoxy groups -OCH3 is 1. The lowest BCUT2D eigenvalue weighted by Crippen LogP contribution is -2.07. The maximum Gasteiger partial charge on any atom is 0.416 e. The molecule has 0 N–H and O–H groups in total. The summed E-state index contributed by atoms with van der Waals surface area (Å²) in [6, 6.07) is 3.36. The standard InChI is InChI=1S/C10H8F3N3O/c1-17-9-3-7(10(11,12)13)2-8(4-9)16-6-14-5-15-16/h2-6H,1H3. The van der Waals surface area contributed by atoms with Gasteiger partial charge in [-0.1, -0.05) is 0 Å². The second-order valence-corrected chi connectivity index (χ2v) is 3.26. The fraction of sp³-hybridized carbons (Fsp3) is 0.200. The summed E-state index contributed by atoms with van der Waals surface area (Å²) in [5, 5.41) is 3.77. The Kier molecular flexibility index (Phi) is 2.74. The van der Waals surface area contributed by atoms with E-state index in [-0.39, 0.29) is 11.4 Å². The average Bonchev–Trinajstić information content (AvgIpc) is 2.80. The van der Waals surface area contributed by atoms with Crippen molar-refractivity contribution in [2.75, 3.05) is 7.11 Å². The van der Waals surface area contributed by atoms with Gasteiger partial charge in [0.25, 0.3) is 0 Å². The molecule has 7 heteroatoms. The number of alkyl halides is 3. The van der Waals surface area contributed by atoms with Crippen LogP contribution in [0.1, 0.15) is 5.56 Å². The van der Waals surface area contributed by atoms with E-state index in [9.17, 15) is 13.2 Å². The van der Waals surface area contributed by atoms with Gasteiger partial charge in [0, 0.05) is 6.07 Å². The van der Waals surface area contributed by atoms with Crippen LogP contribution >= 0.6 is 0 Å². The van der Waals surface area contributed by atoms with Gasteiger partial charge < -0.3 is 4.74 Å². The van der Waals surface area contributed by atoms with Crippen molar-refractivity contribution < 1.29 is 17.9 Å². The van der Waals surface area contributed by atoms with Crippen LogP contribution in [-0.4, -0.2) is 21.9 Å². The maximum atomic E-state index is 12.6. The van der Waals surface area contributed by atoms with Crippen LogP contribution in [0, 0.1) is 0 Å². The Labute approximate surface area is 94.7 Å². The first kappa shape index (κ1) is 11.4. The van der Waals surface area contributed by atoms with E-state index in [1.54, 1.807) is 0 Å². The fourth-order valence-electron chi connectivity index (χ4n) is 1.34. The Bertz CT molecular complexity index is 508. The van der Waals surface area contributed by atoms with E-state index in [0.29, 0.717) is 0 Å². The zero-order valence-corrected chi connectivity index (χ0v) is 8.77. The van der Waals surface area contributed by atoms with E-state index in [1.165, 1.54) is 30.5 Å². The third-order valence-corrected chi connectivity index (χ3v) is 2.14. The molecule has 4 nitrogen and oxygen atoms in total. The van der Waals surface area contributed by atoms with E-state index in [2.05, 4.69) is 10.1 Å². The molecule has 2 rings (SSSR count). The average molecular weight is 243 g/mol. The number of nitrogens with zero attached hydrogens (tertiary/aromatic N) is 3. The number of hydrogen-bond donors (Lipinski definition) is 0. The molecule has 0 amide bonds. The molecule has 1 aromatic carbocycles. The van der Waals surface area contributed by atoms with E-state index < -0.39 is 11.7 Å². The number of ether oxygens (including phenoxy) is 1. The third kappa shape index (κ3) is 2.38.